The van der Waals surface area contributed by atoms with Crippen LogP contribution < -0.4 is 5.32 Å². The van der Waals surface area contributed by atoms with E-state index in [1.165, 1.54) is 24.3 Å². The molecule has 2 atom stereocenters. The first-order valence-corrected chi connectivity index (χ1v) is 8.00. The average molecular weight is 368 g/mol. The number of carbonyl (C=O) groups is 2. The van der Waals surface area contributed by atoms with Crippen LogP contribution in [0, 0.1) is 11.7 Å². The van der Waals surface area contributed by atoms with Crippen LogP contribution in [0.3, 0.4) is 0 Å². The van der Waals surface area contributed by atoms with Gasteiger partial charge in [-0.1, -0.05) is 17.7 Å². The minimum atomic E-state index is -1.17. The number of carboxylic acids is 1. The molecule has 0 unspecified atom stereocenters. The number of amides is 1. The van der Waals surface area contributed by atoms with Crippen LogP contribution in [0.15, 0.2) is 34.7 Å². The lowest BCUT2D eigenvalue weighted by atomic mass is 9.94. The van der Waals surface area contributed by atoms with Crippen molar-refractivity contribution in [2.24, 2.45) is 5.92 Å². The zero-order valence-electron chi connectivity index (χ0n) is 13.0. The van der Waals surface area contributed by atoms with Crippen molar-refractivity contribution < 1.29 is 28.2 Å². The van der Waals surface area contributed by atoms with Gasteiger partial charge in [-0.3, -0.25) is 4.79 Å². The van der Waals surface area contributed by atoms with Crippen LogP contribution in [0.2, 0.25) is 5.02 Å². The van der Waals surface area contributed by atoms with Crippen LogP contribution in [0.4, 0.5) is 4.39 Å². The smallest absolute Gasteiger partial charge is 0.371 e. The Hall–Kier alpha value is -2.38. The largest absolute Gasteiger partial charge is 0.475 e. The highest BCUT2D eigenvalue weighted by Crippen LogP contribution is 2.35. The highest BCUT2D eigenvalue weighted by Gasteiger charge is 2.35. The Kier molecular flexibility index (Phi) is 5.06. The second-order valence-electron chi connectivity index (χ2n) is 5.65. The van der Waals surface area contributed by atoms with Crippen molar-refractivity contribution in [3.05, 3.63) is 58.3 Å². The molecule has 2 N–H and O–H groups in total. The molecule has 1 aromatic carbocycles. The van der Waals surface area contributed by atoms with Gasteiger partial charge in [0.1, 0.15) is 11.6 Å². The van der Waals surface area contributed by atoms with Gasteiger partial charge in [0.2, 0.25) is 11.7 Å². The van der Waals surface area contributed by atoms with Crippen molar-refractivity contribution in [2.45, 2.75) is 19.1 Å². The number of furan rings is 1. The van der Waals surface area contributed by atoms with E-state index >= 15 is 0 Å². The molecule has 1 fully saturated rings. The van der Waals surface area contributed by atoms with Crippen LogP contribution in [0.25, 0.3) is 0 Å². The Morgan fingerprint density at radius 3 is 2.80 bits per heavy atom. The van der Waals surface area contributed by atoms with Gasteiger partial charge in [0.15, 0.2) is 0 Å². The first-order valence-electron chi connectivity index (χ1n) is 7.62. The number of rotatable bonds is 5. The number of carbonyl (C=O) groups excluding carboxylic acids is 1. The monoisotopic (exact) mass is 367 g/mol. The van der Waals surface area contributed by atoms with E-state index in [0.29, 0.717) is 24.4 Å². The first-order chi connectivity index (χ1) is 12.0. The quantitative estimate of drug-likeness (QED) is 0.847. The molecule has 8 heteroatoms. The summed E-state index contributed by atoms with van der Waals surface area (Å²) in [6.45, 7) is 0.446. The number of hydrogen-bond donors (Lipinski definition) is 2. The number of hydrogen-bond acceptors (Lipinski definition) is 4. The summed E-state index contributed by atoms with van der Waals surface area (Å²) in [4.78, 5) is 23.2. The molecule has 0 saturated carbocycles. The van der Waals surface area contributed by atoms with Gasteiger partial charge < -0.3 is 19.6 Å². The second-order valence-corrected chi connectivity index (χ2v) is 6.06. The maximum absolute atomic E-state index is 13.6. The summed E-state index contributed by atoms with van der Waals surface area (Å²) in [6.07, 6.45) is -0.0582. The van der Waals surface area contributed by atoms with Crippen molar-refractivity contribution in [1.29, 1.82) is 0 Å². The molecule has 1 aliphatic heterocycles. The third kappa shape index (κ3) is 3.83. The highest BCUT2D eigenvalue weighted by atomic mass is 35.5. The number of aromatic carboxylic acids is 1. The van der Waals surface area contributed by atoms with Gasteiger partial charge in [0.25, 0.3) is 0 Å². The van der Waals surface area contributed by atoms with Gasteiger partial charge >= 0.3 is 5.97 Å². The van der Waals surface area contributed by atoms with Crippen molar-refractivity contribution in [2.75, 3.05) is 6.61 Å². The fourth-order valence-electron chi connectivity index (χ4n) is 2.77. The third-order valence-electron chi connectivity index (χ3n) is 4.01. The molecular weight excluding hydrogens is 353 g/mol. The summed E-state index contributed by atoms with van der Waals surface area (Å²) in [5.41, 5.74) is 0.547. The summed E-state index contributed by atoms with van der Waals surface area (Å²) in [6, 6.07) is 7.14. The van der Waals surface area contributed by atoms with Crippen LogP contribution in [-0.4, -0.2) is 23.6 Å². The Labute approximate surface area is 147 Å². The van der Waals surface area contributed by atoms with Crippen molar-refractivity contribution in [1.82, 2.24) is 5.32 Å². The minimum absolute atomic E-state index is 0.00908. The Morgan fingerprint density at radius 1 is 1.32 bits per heavy atom. The fraction of sp³-hybridized carbons (Fsp3) is 0.294. The van der Waals surface area contributed by atoms with E-state index < -0.39 is 23.8 Å². The molecule has 0 bridgehead atoms. The molecule has 2 aromatic rings. The van der Waals surface area contributed by atoms with E-state index in [2.05, 4.69) is 5.32 Å². The lowest BCUT2D eigenvalue weighted by Crippen LogP contribution is -2.31. The minimum Gasteiger partial charge on any atom is -0.475 e. The summed E-state index contributed by atoms with van der Waals surface area (Å²) < 4.78 is 24.3. The molecule has 1 aliphatic rings. The van der Waals surface area contributed by atoms with Gasteiger partial charge in [-0.05, 0) is 36.2 Å². The summed E-state index contributed by atoms with van der Waals surface area (Å²) >= 11 is 5.68. The van der Waals surface area contributed by atoms with Crippen LogP contribution in [-0.2, 0) is 16.1 Å². The van der Waals surface area contributed by atoms with E-state index in [1.54, 1.807) is 6.07 Å². The standard InChI is InChI=1S/C17H15ClFNO5/c18-12-3-1-9(7-13(12)19)15-11(5-6-24-15)16(21)20-8-10-2-4-14(25-10)17(22)23/h1-4,7,11,15H,5-6,8H2,(H,20,21)(H,22,23)/t11-,15+/m1/s1. The van der Waals surface area contributed by atoms with Gasteiger partial charge in [-0.2, -0.15) is 0 Å². The zero-order chi connectivity index (χ0) is 18.0. The Morgan fingerprint density at radius 2 is 2.12 bits per heavy atom. The predicted octanol–water partition coefficient (Wildman–Crippen LogP) is 3.16. The summed E-state index contributed by atoms with van der Waals surface area (Å²) in [7, 11) is 0. The molecule has 1 amide bonds. The fourth-order valence-corrected chi connectivity index (χ4v) is 2.89. The van der Waals surface area contributed by atoms with Gasteiger partial charge in [0, 0.05) is 6.61 Å². The average Bonchev–Trinajstić information content (AvgIpc) is 3.24. The van der Waals surface area contributed by atoms with Crippen LogP contribution in [0.1, 0.15) is 34.4 Å². The van der Waals surface area contributed by atoms with Gasteiger partial charge in [-0.25, -0.2) is 9.18 Å². The van der Waals surface area contributed by atoms with Gasteiger partial charge in [-0.15, -0.1) is 0 Å². The van der Waals surface area contributed by atoms with Crippen LogP contribution >= 0.6 is 11.6 Å². The highest BCUT2D eigenvalue weighted by molar-refractivity contribution is 6.30. The molecule has 1 aromatic heterocycles. The SMILES string of the molecule is O=C(O)c1ccc(CNC(=O)[C@@H]2CCO[C@H]2c2ccc(Cl)c(F)c2)o1. The van der Waals surface area contributed by atoms with E-state index in [0.717, 1.165) is 0 Å². The van der Waals surface area contributed by atoms with E-state index in [-0.39, 0.29) is 23.2 Å². The lowest BCUT2D eigenvalue weighted by molar-refractivity contribution is -0.127. The molecule has 0 spiro atoms. The van der Waals surface area contributed by atoms with Crippen molar-refractivity contribution in [3.63, 3.8) is 0 Å². The number of benzene rings is 1. The third-order valence-corrected chi connectivity index (χ3v) is 4.32. The molecule has 0 aliphatic carbocycles. The van der Waals surface area contributed by atoms with Gasteiger partial charge in [0.05, 0.1) is 23.6 Å². The number of ether oxygens (including phenoxy) is 1. The molecule has 3 rings (SSSR count). The molecule has 132 valence electrons. The molecule has 2 heterocycles. The van der Waals surface area contributed by atoms with E-state index in [1.807, 2.05) is 0 Å². The molecule has 0 radical (unpaired) electrons. The lowest BCUT2D eigenvalue weighted by Gasteiger charge is -2.18. The molecule has 6 nitrogen and oxygen atoms in total. The maximum atomic E-state index is 13.6. The normalized spacial score (nSPS) is 19.8. The topological polar surface area (TPSA) is 88.8 Å². The van der Waals surface area contributed by atoms with E-state index in [9.17, 15) is 14.0 Å². The first kappa shape index (κ1) is 17.4. The Balaban J connectivity index is 1.65. The second kappa shape index (κ2) is 7.25. The molecular formula is C17H15ClFNO5. The number of halogens is 2. The number of carboxylic acid groups (broad SMARTS) is 1. The summed E-state index contributed by atoms with van der Waals surface area (Å²) in [5.74, 6) is -2.35. The van der Waals surface area contributed by atoms with Crippen molar-refractivity contribution >= 4 is 23.5 Å². The maximum Gasteiger partial charge on any atom is 0.371 e. The predicted molar refractivity (Wildman–Crippen MR) is 85.7 cm³/mol. The summed E-state index contributed by atoms with van der Waals surface area (Å²) in [5, 5.41) is 11.5. The number of nitrogens with one attached hydrogen (secondary N) is 1. The molecule has 25 heavy (non-hydrogen) atoms. The molecule has 1 saturated heterocycles. The zero-order valence-corrected chi connectivity index (χ0v) is 13.8. The van der Waals surface area contributed by atoms with Crippen molar-refractivity contribution in [3.8, 4) is 0 Å². The van der Waals surface area contributed by atoms with E-state index in [4.69, 9.17) is 25.9 Å². The van der Waals surface area contributed by atoms with Crippen LogP contribution in [0.5, 0.6) is 0 Å². The Bertz CT molecular complexity index is 806.